The molecule has 1 heterocycles. The lowest BCUT2D eigenvalue weighted by Gasteiger charge is -2.26. The van der Waals surface area contributed by atoms with Crippen LogP contribution in [0.15, 0.2) is 48.7 Å². The SMILES string of the molecule is CCCCCCCCc1ccc(OCCCC(C)(C)C(=O)NC(C)c2ccccn2)cc1. The van der Waals surface area contributed by atoms with Crippen molar-refractivity contribution in [3.63, 3.8) is 0 Å². The number of nitrogens with one attached hydrogen (secondary N) is 1. The predicted molar refractivity (Wildman–Crippen MR) is 133 cm³/mol. The number of aryl methyl sites for hydroxylation is 1. The van der Waals surface area contributed by atoms with Crippen molar-refractivity contribution in [3.8, 4) is 5.75 Å². The maximum absolute atomic E-state index is 12.7. The lowest BCUT2D eigenvalue weighted by Crippen LogP contribution is -2.38. The average Bonchev–Trinajstić information content (AvgIpc) is 2.80. The highest BCUT2D eigenvalue weighted by molar-refractivity contribution is 5.82. The summed E-state index contributed by atoms with van der Waals surface area (Å²) in [5.41, 5.74) is 1.81. The largest absolute Gasteiger partial charge is 0.494 e. The van der Waals surface area contributed by atoms with Crippen molar-refractivity contribution in [1.82, 2.24) is 10.3 Å². The quantitative estimate of drug-likeness (QED) is 0.303. The van der Waals surface area contributed by atoms with Gasteiger partial charge < -0.3 is 10.1 Å². The first kappa shape index (κ1) is 25.9. The number of unbranched alkanes of at least 4 members (excludes halogenated alkanes) is 5. The number of aromatic nitrogens is 1. The molecule has 2 aromatic rings. The topological polar surface area (TPSA) is 51.2 Å². The van der Waals surface area contributed by atoms with E-state index in [0.29, 0.717) is 6.61 Å². The van der Waals surface area contributed by atoms with Gasteiger partial charge in [-0.1, -0.05) is 71.1 Å². The molecular weight excluding hydrogens is 396 g/mol. The second kappa shape index (κ2) is 13.9. The van der Waals surface area contributed by atoms with Crippen molar-refractivity contribution < 1.29 is 9.53 Å². The third kappa shape index (κ3) is 9.42. The first-order valence-electron chi connectivity index (χ1n) is 12.4. The van der Waals surface area contributed by atoms with Gasteiger partial charge in [0.15, 0.2) is 0 Å². The Morgan fingerprint density at radius 1 is 1.00 bits per heavy atom. The van der Waals surface area contributed by atoms with Crippen LogP contribution in [0, 0.1) is 5.41 Å². The Balaban J connectivity index is 1.65. The van der Waals surface area contributed by atoms with Gasteiger partial charge in [-0.25, -0.2) is 0 Å². The summed E-state index contributed by atoms with van der Waals surface area (Å²) in [7, 11) is 0. The number of carbonyl (C=O) groups is 1. The van der Waals surface area contributed by atoms with E-state index in [-0.39, 0.29) is 11.9 Å². The summed E-state index contributed by atoms with van der Waals surface area (Å²) in [5, 5.41) is 3.09. The zero-order valence-corrected chi connectivity index (χ0v) is 20.5. The third-order valence-corrected chi connectivity index (χ3v) is 6.05. The van der Waals surface area contributed by atoms with E-state index in [9.17, 15) is 4.79 Å². The summed E-state index contributed by atoms with van der Waals surface area (Å²) in [5.74, 6) is 0.956. The number of rotatable bonds is 15. The highest BCUT2D eigenvalue weighted by atomic mass is 16.5. The molecule has 0 aliphatic rings. The number of pyridine rings is 1. The molecule has 176 valence electrons. The van der Waals surface area contributed by atoms with Crippen molar-refractivity contribution in [3.05, 3.63) is 59.9 Å². The standard InChI is InChI=1S/C28H42N2O2/c1-5-6-7-8-9-10-14-24-16-18-25(19-17-24)32-22-13-20-28(3,4)27(31)30-23(2)26-15-11-12-21-29-26/h11-12,15-19,21,23H,5-10,13-14,20,22H2,1-4H3,(H,30,31). The van der Waals surface area contributed by atoms with Crippen molar-refractivity contribution in [2.75, 3.05) is 6.61 Å². The number of hydrogen-bond donors (Lipinski definition) is 1. The second-order valence-electron chi connectivity index (χ2n) is 9.45. The summed E-state index contributed by atoms with van der Waals surface area (Å²) < 4.78 is 5.91. The van der Waals surface area contributed by atoms with Crippen molar-refractivity contribution in [1.29, 1.82) is 0 Å². The van der Waals surface area contributed by atoms with Gasteiger partial charge in [0, 0.05) is 11.6 Å². The van der Waals surface area contributed by atoms with Gasteiger partial charge in [0.1, 0.15) is 5.75 Å². The molecule has 0 radical (unpaired) electrons. The van der Waals surface area contributed by atoms with Crippen LogP contribution in [-0.2, 0) is 11.2 Å². The van der Waals surface area contributed by atoms with E-state index in [2.05, 4.69) is 41.5 Å². The van der Waals surface area contributed by atoms with Crippen LogP contribution in [0.2, 0.25) is 0 Å². The van der Waals surface area contributed by atoms with E-state index >= 15 is 0 Å². The molecule has 4 heteroatoms. The third-order valence-electron chi connectivity index (χ3n) is 6.05. The average molecular weight is 439 g/mol. The lowest BCUT2D eigenvalue weighted by atomic mass is 9.86. The first-order valence-corrected chi connectivity index (χ1v) is 12.4. The Bertz CT molecular complexity index is 772. The molecule has 0 aliphatic carbocycles. The maximum Gasteiger partial charge on any atom is 0.226 e. The van der Waals surface area contributed by atoms with Crippen molar-refractivity contribution >= 4 is 5.91 Å². The summed E-state index contributed by atoms with van der Waals surface area (Å²) in [6.45, 7) is 8.82. The number of nitrogens with zero attached hydrogens (tertiary/aromatic N) is 1. The fourth-order valence-electron chi connectivity index (χ4n) is 3.78. The Hall–Kier alpha value is -2.36. The molecule has 1 aromatic heterocycles. The molecule has 2 rings (SSSR count). The summed E-state index contributed by atoms with van der Waals surface area (Å²) in [6, 6.07) is 14.1. The summed E-state index contributed by atoms with van der Waals surface area (Å²) >= 11 is 0. The van der Waals surface area contributed by atoms with E-state index in [4.69, 9.17) is 4.74 Å². The van der Waals surface area contributed by atoms with E-state index in [0.717, 1.165) is 30.7 Å². The molecular formula is C28H42N2O2. The minimum Gasteiger partial charge on any atom is -0.494 e. The van der Waals surface area contributed by atoms with Gasteiger partial charge in [0.25, 0.3) is 0 Å². The number of amides is 1. The minimum atomic E-state index is -0.451. The summed E-state index contributed by atoms with van der Waals surface area (Å²) in [6.07, 6.45) is 12.5. The predicted octanol–water partition coefficient (Wildman–Crippen LogP) is 7.05. The zero-order chi connectivity index (χ0) is 23.2. The first-order chi connectivity index (χ1) is 15.4. The number of ether oxygens (including phenoxy) is 1. The van der Waals surface area contributed by atoms with Crippen LogP contribution in [0.5, 0.6) is 5.75 Å². The van der Waals surface area contributed by atoms with Gasteiger partial charge in [0.05, 0.1) is 18.3 Å². The number of hydrogen-bond acceptors (Lipinski definition) is 3. The lowest BCUT2D eigenvalue weighted by molar-refractivity contribution is -0.130. The molecule has 0 saturated heterocycles. The molecule has 0 fully saturated rings. The molecule has 1 atom stereocenters. The van der Waals surface area contributed by atoms with E-state index in [1.165, 1.54) is 44.1 Å². The molecule has 4 nitrogen and oxygen atoms in total. The molecule has 1 amide bonds. The zero-order valence-electron chi connectivity index (χ0n) is 20.5. The van der Waals surface area contributed by atoms with Gasteiger partial charge in [-0.05, 0) is 62.4 Å². The minimum absolute atomic E-state index is 0.0506. The molecule has 0 spiro atoms. The highest BCUT2D eigenvalue weighted by Gasteiger charge is 2.28. The van der Waals surface area contributed by atoms with Gasteiger partial charge >= 0.3 is 0 Å². The van der Waals surface area contributed by atoms with Gasteiger partial charge in [-0.15, -0.1) is 0 Å². The Kier molecular flexibility index (Phi) is 11.3. The summed E-state index contributed by atoms with van der Waals surface area (Å²) in [4.78, 5) is 17.1. The van der Waals surface area contributed by atoms with Crippen LogP contribution in [0.1, 0.15) is 96.4 Å². The Morgan fingerprint density at radius 2 is 1.72 bits per heavy atom. The van der Waals surface area contributed by atoms with Gasteiger partial charge in [0.2, 0.25) is 5.91 Å². The van der Waals surface area contributed by atoms with E-state index in [1.54, 1.807) is 6.20 Å². The Morgan fingerprint density at radius 3 is 2.41 bits per heavy atom. The molecule has 1 aromatic carbocycles. The molecule has 32 heavy (non-hydrogen) atoms. The Labute approximate surface area is 195 Å². The van der Waals surface area contributed by atoms with Crippen LogP contribution < -0.4 is 10.1 Å². The number of carbonyl (C=O) groups excluding carboxylic acids is 1. The van der Waals surface area contributed by atoms with Crippen LogP contribution >= 0.6 is 0 Å². The normalized spacial score (nSPS) is 12.4. The smallest absolute Gasteiger partial charge is 0.226 e. The molecule has 0 aliphatic heterocycles. The van der Waals surface area contributed by atoms with E-state index in [1.807, 2.05) is 39.0 Å². The molecule has 0 saturated carbocycles. The van der Waals surface area contributed by atoms with Crippen LogP contribution in [-0.4, -0.2) is 17.5 Å². The monoisotopic (exact) mass is 438 g/mol. The maximum atomic E-state index is 12.7. The molecule has 0 bridgehead atoms. The second-order valence-corrected chi connectivity index (χ2v) is 9.45. The number of benzene rings is 1. The van der Waals surface area contributed by atoms with Crippen molar-refractivity contribution in [2.24, 2.45) is 5.41 Å². The van der Waals surface area contributed by atoms with Crippen LogP contribution in [0.25, 0.3) is 0 Å². The molecule has 1 unspecified atom stereocenters. The fraction of sp³-hybridized carbons (Fsp3) is 0.571. The van der Waals surface area contributed by atoms with Crippen molar-refractivity contribution in [2.45, 2.75) is 91.5 Å². The van der Waals surface area contributed by atoms with Gasteiger partial charge in [-0.2, -0.15) is 0 Å². The molecule has 1 N–H and O–H groups in total. The van der Waals surface area contributed by atoms with Crippen LogP contribution in [0.3, 0.4) is 0 Å². The van der Waals surface area contributed by atoms with Gasteiger partial charge in [-0.3, -0.25) is 9.78 Å². The fourth-order valence-corrected chi connectivity index (χ4v) is 3.78. The highest BCUT2D eigenvalue weighted by Crippen LogP contribution is 2.24. The van der Waals surface area contributed by atoms with E-state index < -0.39 is 5.41 Å². The van der Waals surface area contributed by atoms with Crippen LogP contribution in [0.4, 0.5) is 0 Å².